The van der Waals surface area contributed by atoms with Crippen molar-refractivity contribution in [2.45, 2.75) is 71.4 Å². The molecule has 2 aliphatic heterocycles. The van der Waals surface area contributed by atoms with E-state index >= 15 is 0 Å². The van der Waals surface area contributed by atoms with Crippen molar-refractivity contribution in [1.82, 2.24) is 9.80 Å². The first-order chi connectivity index (χ1) is 11.0. The Labute approximate surface area is 141 Å². The maximum Gasteiger partial charge on any atom is 0.302 e. The van der Waals surface area contributed by atoms with Gasteiger partial charge < -0.3 is 14.5 Å². The zero-order valence-electron chi connectivity index (χ0n) is 15.2. The number of likely N-dealkylation sites (tertiary alicyclic amines) is 2. The van der Waals surface area contributed by atoms with Crippen molar-refractivity contribution in [2.75, 3.05) is 32.7 Å². The third-order valence-electron chi connectivity index (χ3n) is 6.58. The van der Waals surface area contributed by atoms with Gasteiger partial charge in [-0.15, -0.1) is 0 Å². The van der Waals surface area contributed by atoms with Crippen LogP contribution in [0.3, 0.4) is 0 Å². The van der Waals surface area contributed by atoms with Gasteiger partial charge in [-0.2, -0.15) is 0 Å². The highest BCUT2D eigenvalue weighted by Crippen LogP contribution is 2.52. The van der Waals surface area contributed by atoms with Crippen LogP contribution in [0.25, 0.3) is 0 Å². The largest absolute Gasteiger partial charge is 0.463 e. The van der Waals surface area contributed by atoms with Gasteiger partial charge in [0, 0.05) is 19.5 Å². The summed E-state index contributed by atoms with van der Waals surface area (Å²) in [5.74, 6) is 0.776. The van der Waals surface area contributed by atoms with Crippen LogP contribution in [-0.2, 0) is 9.53 Å². The summed E-state index contributed by atoms with van der Waals surface area (Å²) in [6.07, 6.45) is 7.72. The second-order valence-electron chi connectivity index (χ2n) is 8.32. The van der Waals surface area contributed by atoms with Crippen molar-refractivity contribution in [2.24, 2.45) is 11.3 Å². The SMILES string of the molecule is CCN1CCC(CN2CCC3(CC(OC(C)=O)C3)CC2C)CC1. The topological polar surface area (TPSA) is 32.8 Å². The number of ether oxygens (including phenoxy) is 1. The van der Waals surface area contributed by atoms with Gasteiger partial charge in [-0.05, 0) is 83.0 Å². The minimum Gasteiger partial charge on any atom is -0.463 e. The third-order valence-corrected chi connectivity index (χ3v) is 6.58. The van der Waals surface area contributed by atoms with Crippen LogP contribution in [0, 0.1) is 11.3 Å². The number of piperidine rings is 2. The molecule has 0 aromatic carbocycles. The molecular formula is C19H34N2O2. The van der Waals surface area contributed by atoms with Crippen LogP contribution in [0.1, 0.15) is 59.3 Å². The molecule has 3 fully saturated rings. The number of carbonyl (C=O) groups excluding carboxylic acids is 1. The summed E-state index contributed by atoms with van der Waals surface area (Å²) in [7, 11) is 0. The van der Waals surface area contributed by atoms with Crippen LogP contribution in [0.5, 0.6) is 0 Å². The minimum atomic E-state index is -0.117. The smallest absolute Gasteiger partial charge is 0.302 e. The lowest BCUT2D eigenvalue weighted by atomic mass is 9.60. The molecule has 2 saturated heterocycles. The van der Waals surface area contributed by atoms with E-state index in [2.05, 4.69) is 23.6 Å². The van der Waals surface area contributed by atoms with Gasteiger partial charge in [0.25, 0.3) is 0 Å². The molecule has 3 aliphatic rings. The molecular weight excluding hydrogens is 288 g/mol. The summed E-state index contributed by atoms with van der Waals surface area (Å²) >= 11 is 0. The zero-order chi connectivity index (χ0) is 16.4. The van der Waals surface area contributed by atoms with Crippen molar-refractivity contribution in [3.8, 4) is 0 Å². The van der Waals surface area contributed by atoms with Gasteiger partial charge in [0.1, 0.15) is 6.10 Å². The van der Waals surface area contributed by atoms with E-state index in [4.69, 9.17) is 4.74 Å². The maximum absolute atomic E-state index is 11.1. The molecule has 4 nitrogen and oxygen atoms in total. The molecule has 132 valence electrons. The molecule has 3 rings (SSSR count). The highest BCUT2D eigenvalue weighted by molar-refractivity contribution is 5.66. The molecule has 0 aromatic rings. The molecule has 0 N–H and O–H groups in total. The molecule has 0 bridgehead atoms. The number of hydrogen-bond donors (Lipinski definition) is 0. The quantitative estimate of drug-likeness (QED) is 0.745. The average Bonchev–Trinajstić information content (AvgIpc) is 2.49. The van der Waals surface area contributed by atoms with E-state index in [0.717, 1.165) is 18.8 Å². The average molecular weight is 322 g/mol. The number of carbonyl (C=O) groups is 1. The lowest BCUT2D eigenvalue weighted by molar-refractivity contribution is -0.163. The van der Waals surface area contributed by atoms with Gasteiger partial charge in [0.15, 0.2) is 0 Å². The van der Waals surface area contributed by atoms with Gasteiger partial charge in [0.05, 0.1) is 0 Å². The first-order valence-electron chi connectivity index (χ1n) is 9.63. The Balaban J connectivity index is 1.42. The van der Waals surface area contributed by atoms with Crippen LogP contribution in [0.15, 0.2) is 0 Å². The summed E-state index contributed by atoms with van der Waals surface area (Å²) in [5.41, 5.74) is 0.474. The number of rotatable bonds is 4. The van der Waals surface area contributed by atoms with Crippen LogP contribution in [-0.4, -0.2) is 60.6 Å². The molecule has 1 spiro atoms. The summed E-state index contributed by atoms with van der Waals surface area (Å²) < 4.78 is 5.36. The van der Waals surface area contributed by atoms with E-state index in [1.807, 2.05) is 0 Å². The van der Waals surface area contributed by atoms with Gasteiger partial charge >= 0.3 is 5.97 Å². The van der Waals surface area contributed by atoms with Crippen LogP contribution in [0.4, 0.5) is 0 Å². The predicted molar refractivity (Wildman–Crippen MR) is 92.3 cm³/mol. The molecule has 1 atom stereocenters. The van der Waals surface area contributed by atoms with E-state index in [-0.39, 0.29) is 12.1 Å². The Morgan fingerprint density at radius 2 is 1.87 bits per heavy atom. The molecule has 2 heterocycles. The molecule has 0 radical (unpaired) electrons. The van der Waals surface area contributed by atoms with Crippen LogP contribution in [0.2, 0.25) is 0 Å². The summed E-state index contributed by atoms with van der Waals surface area (Å²) in [6.45, 7) is 12.5. The molecule has 1 aliphatic carbocycles. The number of hydrogen-bond acceptors (Lipinski definition) is 4. The Morgan fingerprint density at radius 1 is 1.17 bits per heavy atom. The summed E-state index contributed by atoms with van der Waals surface area (Å²) in [6, 6.07) is 0.686. The Kier molecular flexibility index (Phi) is 5.32. The highest BCUT2D eigenvalue weighted by atomic mass is 16.5. The molecule has 1 unspecified atom stereocenters. The predicted octanol–water partition coefficient (Wildman–Crippen LogP) is 2.91. The molecule has 1 saturated carbocycles. The normalized spacial score (nSPS) is 36.8. The summed E-state index contributed by atoms with van der Waals surface area (Å²) in [5, 5.41) is 0. The highest BCUT2D eigenvalue weighted by Gasteiger charge is 2.49. The van der Waals surface area contributed by atoms with Crippen molar-refractivity contribution in [3.63, 3.8) is 0 Å². The van der Waals surface area contributed by atoms with Gasteiger partial charge in [0.2, 0.25) is 0 Å². The second kappa shape index (κ2) is 7.10. The van der Waals surface area contributed by atoms with Crippen molar-refractivity contribution < 1.29 is 9.53 Å². The lowest BCUT2D eigenvalue weighted by Gasteiger charge is -2.54. The molecule has 0 amide bonds. The Hall–Kier alpha value is -0.610. The fourth-order valence-electron chi connectivity index (χ4n) is 5.14. The zero-order valence-corrected chi connectivity index (χ0v) is 15.2. The Bertz CT molecular complexity index is 412. The monoisotopic (exact) mass is 322 g/mol. The van der Waals surface area contributed by atoms with E-state index in [0.29, 0.717) is 11.5 Å². The first kappa shape index (κ1) is 17.2. The summed E-state index contributed by atoms with van der Waals surface area (Å²) in [4.78, 5) is 16.4. The van der Waals surface area contributed by atoms with E-state index < -0.39 is 0 Å². The standard InChI is InChI=1S/C19H34N2O2/c1-4-20-8-5-17(6-9-20)14-21-10-7-19(11-15(21)2)12-18(13-19)23-16(3)22/h15,17-18H,4-14H2,1-3H3. The molecule has 4 heteroatoms. The van der Waals surface area contributed by atoms with Gasteiger partial charge in [-0.3, -0.25) is 4.79 Å². The van der Waals surface area contributed by atoms with Crippen LogP contribution >= 0.6 is 0 Å². The minimum absolute atomic E-state index is 0.117. The van der Waals surface area contributed by atoms with Crippen LogP contribution < -0.4 is 0 Å². The van der Waals surface area contributed by atoms with Crippen molar-refractivity contribution in [3.05, 3.63) is 0 Å². The van der Waals surface area contributed by atoms with E-state index in [9.17, 15) is 4.79 Å². The second-order valence-corrected chi connectivity index (χ2v) is 8.32. The van der Waals surface area contributed by atoms with Gasteiger partial charge in [-0.1, -0.05) is 6.92 Å². The van der Waals surface area contributed by atoms with Crippen molar-refractivity contribution in [1.29, 1.82) is 0 Å². The van der Waals surface area contributed by atoms with Gasteiger partial charge in [-0.25, -0.2) is 0 Å². The fourth-order valence-corrected chi connectivity index (χ4v) is 5.14. The lowest BCUT2D eigenvalue weighted by Crippen LogP contribution is -2.54. The van der Waals surface area contributed by atoms with E-state index in [1.165, 1.54) is 65.3 Å². The third kappa shape index (κ3) is 4.08. The molecule has 23 heavy (non-hydrogen) atoms. The van der Waals surface area contributed by atoms with Crippen molar-refractivity contribution >= 4 is 5.97 Å². The first-order valence-corrected chi connectivity index (χ1v) is 9.63. The Morgan fingerprint density at radius 3 is 2.43 bits per heavy atom. The fraction of sp³-hybridized carbons (Fsp3) is 0.947. The maximum atomic E-state index is 11.1. The number of esters is 1. The number of nitrogens with zero attached hydrogens (tertiary/aromatic N) is 2. The molecule has 0 aromatic heterocycles. The van der Waals surface area contributed by atoms with E-state index in [1.54, 1.807) is 0 Å².